The first-order valence-corrected chi connectivity index (χ1v) is 15.4. The minimum Gasteiger partial charge on any atom is -0.342 e. The molecular weight excluding hydrogens is 543 g/mol. The van der Waals surface area contributed by atoms with Crippen molar-refractivity contribution in [3.8, 4) is 0 Å². The number of nitrogens with zero attached hydrogens (tertiary/aromatic N) is 4. The van der Waals surface area contributed by atoms with E-state index in [4.69, 9.17) is 0 Å². The smallest absolute Gasteiger partial charge is 0.250 e. The maximum atomic E-state index is 14.1. The number of amides is 3. The molecule has 224 valence electrons. The van der Waals surface area contributed by atoms with Gasteiger partial charge in [0.1, 0.15) is 17.9 Å². The van der Waals surface area contributed by atoms with Crippen molar-refractivity contribution in [2.24, 2.45) is 5.92 Å². The van der Waals surface area contributed by atoms with E-state index in [-0.39, 0.29) is 36.5 Å². The lowest BCUT2D eigenvalue weighted by molar-refractivity contribution is -0.142. The van der Waals surface area contributed by atoms with E-state index in [1.54, 1.807) is 21.9 Å². The molecule has 0 radical (unpaired) electrons. The molecule has 6 rings (SSSR count). The molecule has 0 unspecified atom stereocenters. The van der Waals surface area contributed by atoms with Crippen LogP contribution in [0, 0.1) is 11.7 Å². The molecule has 3 fully saturated rings. The number of benzene rings is 3. The van der Waals surface area contributed by atoms with Crippen LogP contribution in [-0.2, 0) is 27.2 Å². The molecule has 3 aliphatic heterocycles. The van der Waals surface area contributed by atoms with Gasteiger partial charge < -0.3 is 19.6 Å². The molecule has 0 aromatic heterocycles. The van der Waals surface area contributed by atoms with E-state index >= 15 is 0 Å². The lowest BCUT2D eigenvalue weighted by atomic mass is 9.85. The van der Waals surface area contributed by atoms with Crippen molar-refractivity contribution < 1.29 is 18.8 Å². The summed E-state index contributed by atoms with van der Waals surface area (Å²) in [5.74, 6) is 0.179. The molecule has 3 saturated heterocycles. The molecule has 1 spiro atoms. The Morgan fingerprint density at radius 1 is 0.744 bits per heavy atom. The number of hydrogen-bond donors (Lipinski definition) is 0. The largest absolute Gasteiger partial charge is 0.342 e. The van der Waals surface area contributed by atoms with Crippen LogP contribution in [0.25, 0.3) is 0 Å². The number of rotatable bonds is 7. The minimum atomic E-state index is -0.795. The van der Waals surface area contributed by atoms with Crippen LogP contribution in [0.5, 0.6) is 0 Å². The van der Waals surface area contributed by atoms with Crippen molar-refractivity contribution in [3.05, 3.63) is 102 Å². The fourth-order valence-corrected chi connectivity index (χ4v) is 6.93. The predicted octanol–water partition coefficient (Wildman–Crippen LogP) is 4.52. The summed E-state index contributed by atoms with van der Waals surface area (Å²) in [7, 11) is 0. The topological polar surface area (TPSA) is 64.2 Å². The van der Waals surface area contributed by atoms with Crippen molar-refractivity contribution in [2.75, 3.05) is 44.3 Å². The Bertz CT molecular complexity index is 1420. The highest BCUT2D eigenvalue weighted by atomic mass is 19.1. The van der Waals surface area contributed by atoms with Crippen molar-refractivity contribution in [1.82, 2.24) is 14.7 Å². The molecule has 43 heavy (non-hydrogen) atoms. The molecule has 0 atom stereocenters. The number of piperidine rings is 2. The summed E-state index contributed by atoms with van der Waals surface area (Å²) in [5, 5.41) is 0. The fourth-order valence-electron chi connectivity index (χ4n) is 6.93. The number of anilines is 1. The first kappa shape index (κ1) is 28.9. The summed E-state index contributed by atoms with van der Waals surface area (Å²) in [6, 6.07) is 26.4. The van der Waals surface area contributed by atoms with Crippen LogP contribution in [0.15, 0.2) is 84.9 Å². The average Bonchev–Trinajstić information content (AvgIpc) is 3.29. The molecule has 7 nitrogen and oxygen atoms in total. The Balaban J connectivity index is 1.09. The van der Waals surface area contributed by atoms with Gasteiger partial charge in [-0.25, -0.2) is 4.39 Å². The number of para-hydroxylation sites is 1. The van der Waals surface area contributed by atoms with Gasteiger partial charge in [0.2, 0.25) is 11.8 Å². The van der Waals surface area contributed by atoms with Crippen LogP contribution in [0.1, 0.15) is 36.8 Å². The van der Waals surface area contributed by atoms with E-state index in [1.165, 1.54) is 17.7 Å². The molecule has 3 aromatic rings. The summed E-state index contributed by atoms with van der Waals surface area (Å²) in [6.45, 7) is 2.76. The summed E-state index contributed by atoms with van der Waals surface area (Å²) >= 11 is 0. The summed E-state index contributed by atoms with van der Waals surface area (Å²) in [5.41, 5.74) is 2.25. The van der Waals surface area contributed by atoms with E-state index in [0.29, 0.717) is 38.5 Å². The van der Waals surface area contributed by atoms with Gasteiger partial charge in [-0.05, 0) is 73.4 Å². The van der Waals surface area contributed by atoms with Gasteiger partial charge in [-0.3, -0.25) is 14.4 Å². The zero-order valence-electron chi connectivity index (χ0n) is 24.5. The highest BCUT2D eigenvalue weighted by Gasteiger charge is 2.54. The first-order valence-electron chi connectivity index (χ1n) is 15.4. The number of hydrogen-bond acceptors (Lipinski definition) is 4. The first-order chi connectivity index (χ1) is 20.9. The lowest BCUT2D eigenvalue weighted by Crippen LogP contribution is -2.57. The molecular formula is C35H39FN4O3. The Kier molecular flexibility index (Phi) is 8.45. The Hall–Kier alpha value is -4.20. The van der Waals surface area contributed by atoms with Crippen LogP contribution in [0.4, 0.5) is 10.1 Å². The lowest BCUT2D eigenvalue weighted by Gasteiger charge is -2.43. The Morgan fingerprint density at radius 3 is 2.00 bits per heavy atom. The monoisotopic (exact) mass is 582 g/mol. The van der Waals surface area contributed by atoms with E-state index in [0.717, 1.165) is 43.6 Å². The molecule has 8 heteroatoms. The Morgan fingerprint density at radius 2 is 1.35 bits per heavy atom. The molecule has 3 amide bonds. The van der Waals surface area contributed by atoms with E-state index in [9.17, 15) is 18.8 Å². The van der Waals surface area contributed by atoms with Gasteiger partial charge in [-0.1, -0.05) is 60.7 Å². The number of carbonyl (C=O) groups excluding carboxylic acids is 3. The minimum absolute atomic E-state index is 0.00323. The quantitative estimate of drug-likeness (QED) is 0.411. The Labute approximate surface area is 252 Å². The van der Waals surface area contributed by atoms with Crippen LogP contribution in [0.2, 0.25) is 0 Å². The third-order valence-electron chi connectivity index (χ3n) is 9.45. The highest BCUT2D eigenvalue weighted by molar-refractivity contribution is 5.96. The van der Waals surface area contributed by atoms with E-state index < -0.39 is 5.54 Å². The zero-order valence-corrected chi connectivity index (χ0v) is 24.5. The molecule has 0 aliphatic carbocycles. The van der Waals surface area contributed by atoms with Crippen molar-refractivity contribution in [2.45, 2.75) is 44.1 Å². The number of likely N-dealkylation sites (tertiary alicyclic amines) is 2. The molecule has 3 aromatic carbocycles. The molecule has 0 N–H and O–H groups in total. The summed E-state index contributed by atoms with van der Waals surface area (Å²) < 4.78 is 13.3. The molecule has 3 aliphatic rings. The second kappa shape index (κ2) is 12.6. The van der Waals surface area contributed by atoms with E-state index in [2.05, 4.69) is 29.2 Å². The zero-order chi connectivity index (χ0) is 29.8. The van der Waals surface area contributed by atoms with Crippen LogP contribution < -0.4 is 4.90 Å². The van der Waals surface area contributed by atoms with Crippen LogP contribution in [-0.4, -0.2) is 77.4 Å². The average molecular weight is 583 g/mol. The van der Waals surface area contributed by atoms with Gasteiger partial charge >= 0.3 is 0 Å². The number of carbonyl (C=O) groups is 3. The van der Waals surface area contributed by atoms with Gasteiger partial charge in [0.15, 0.2) is 0 Å². The summed E-state index contributed by atoms with van der Waals surface area (Å²) in [4.78, 5) is 48.2. The van der Waals surface area contributed by atoms with Crippen molar-refractivity contribution in [1.29, 1.82) is 0 Å². The van der Waals surface area contributed by atoms with Crippen LogP contribution in [0.3, 0.4) is 0 Å². The van der Waals surface area contributed by atoms with Crippen molar-refractivity contribution >= 4 is 23.4 Å². The molecule has 3 heterocycles. The van der Waals surface area contributed by atoms with E-state index in [1.807, 2.05) is 41.3 Å². The fraction of sp³-hybridized carbons (Fsp3) is 0.400. The second-order valence-electron chi connectivity index (χ2n) is 12.1. The SMILES string of the molecule is O=C(Cc1ccc(F)cc1)N1CCC2(CC1)C(=O)N(CC(=O)N1CCC(Cc3ccccc3)CC1)CN2c1ccccc1. The second-order valence-corrected chi connectivity index (χ2v) is 12.1. The normalized spacial score (nSPS) is 18.9. The summed E-state index contributed by atoms with van der Waals surface area (Å²) in [6.07, 6.45) is 4.15. The third kappa shape index (κ3) is 6.28. The standard InChI is InChI=1S/C35H39FN4O3/c36-30-13-11-28(12-14-30)24-32(41)38-21-17-35(18-22-38)34(43)39(26-40(35)31-9-5-2-6-10-31)25-33(42)37-19-15-29(16-20-37)23-27-7-3-1-4-8-27/h1-14,29H,15-26H2. The van der Waals surface area contributed by atoms with Gasteiger partial charge in [0.05, 0.1) is 13.1 Å². The predicted molar refractivity (Wildman–Crippen MR) is 164 cm³/mol. The maximum Gasteiger partial charge on any atom is 0.250 e. The van der Waals surface area contributed by atoms with Crippen molar-refractivity contribution in [3.63, 3.8) is 0 Å². The third-order valence-corrected chi connectivity index (χ3v) is 9.45. The maximum absolute atomic E-state index is 14.1. The molecule has 0 bridgehead atoms. The molecule has 0 saturated carbocycles. The van der Waals surface area contributed by atoms with Gasteiger partial charge in [-0.2, -0.15) is 0 Å². The van der Waals surface area contributed by atoms with Gasteiger partial charge in [0.25, 0.3) is 5.91 Å². The van der Waals surface area contributed by atoms with Crippen LogP contribution >= 0.6 is 0 Å². The number of halogens is 1. The van der Waals surface area contributed by atoms with Gasteiger partial charge in [-0.15, -0.1) is 0 Å². The highest BCUT2D eigenvalue weighted by Crippen LogP contribution is 2.39. The van der Waals surface area contributed by atoms with Gasteiger partial charge in [0, 0.05) is 31.9 Å².